The van der Waals surface area contributed by atoms with Crippen LogP contribution in [0.4, 0.5) is 11.4 Å². The molecule has 0 saturated carbocycles. The van der Waals surface area contributed by atoms with E-state index in [-0.39, 0.29) is 18.1 Å². The first kappa shape index (κ1) is 24.9. The zero-order valence-corrected chi connectivity index (χ0v) is 19.6. The number of para-hydroxylation sites is 2. The highest BCUT2D eigenvalue weighted by Crippen LogP contribution is 2.29. The molecular weight excluding hydrogens is 446 g/mol. The molecule has 0 fully saturated rings. The minimum atomic E-state index is -0.523. The fraction of sp³-hybridized carbons (Fsp3) is 0.148. The summed E-state index contributed by atoms with van der Waals surface area (Å²) < 4.78 is 16.2. The lowest BCUT2D eigenvalue weighted by Gasteiger charge is -2.13. The molecule has 2 amide bonds. The number of aryl methyl sites for hydroxylation is 1. The van der Waals surface area contributed by atoms with Crippen molar-refractivity contribution in [3.05, 3.63) is 83.4 Å². The number of nitrogens with one attached hydrogen (secondary N) is 2. The highest BCUT2D eigenvalue weighted by molar-refractivity contribution is 6.09. The van der Waals surface area contributed by atoms with Crippen LogP contribution in [0.2, 0.25) is 0 Å². The zero-order chi connectivity index (χ0) is 25.2. The molecule has 0 aliphatic rings. The Labute approximate surface area is 203 Å². The van der Waals surface area contributed by atoms with Crippen molar-refractivity contribution >= 4 is 29.3 Å². The molecule has 8 heteroatoms. The van der Waals surface area contributed by atoms with E-state index in [1.165, 1.54) is 20.3 Å². The molecule has 0 spiro atoms. The molecule has 0 saturated heterocycles. The average molecular weight is 472 g/mol. The maximum Gasteiger partial charge on any atom is 0.266 e. The minimum absolute atomic E-state index is 0.0709. The molecule has 3 aromatic rings. The Balaban J connectivity index is 1.68. The molecule has 0 unspecified atom stereocenters. The monoisotopic (exact) mass is 471 g/mol. The van der Waals surface area contributed by atoms with Crippen LogP contribution in [-0.4, -0.2) is 32.6 Å². The van der Waals surface area contributed by atoms with Crippen LogP contribution in [0, 0.1) is 18.3 Å². The molecule has 8 nitrogen and oxygen atoms in total. The summed E-state index contributed by atoms with van der Waals surface area (Å²) in [6, 6.07) is 21.1. The zero-order valence-electron chi connectivity index (χ0n) is 19.6. The normalized spacial score (nSPS) is 10.6. The maximum atomic E-state index is 12.5. The number of amides is 2. The van der Waals surface area contributed by atoms with E-state index in [9.17, 15) is 14.9 Å². The van der Waals surface area contributed by atoms with Crippen molar-refractivity contribution in [3.63, 3.8) is 0 Å². The SMILES string of the molecule is COc1ccccc1NC(=O)COc1ccc(/C=C(\C#N)C(=O)Nc2cccc(C)c2)cc1OC. The quantitative estimate of drug-likeness (QED) is 0.349. The standard InChI is InChI=1S/C27H25N3O5/c1-18-7-6-8-21(13-18)29-27(32)20(16-28)14-19-11-12-24(25(15-19)34-3)35-17-26(31)30-22-9-4-5-10-23(22)33-2/h4-15H,17H2,1-3H3,(H,29,32)(H,30,31)/b20-14+. The van der Waals surface area contributed by atoms with Crippen molar-refractivity contribution in [1.82, 2.24) is 0 Å². The van der Waals surface area contributed by atoms with Crippen molar-refractivity contribution in [2.75, 3.05) is 31.5 Å². The predicted molar refractivity (Wildman–Crippen MR) is 134 cm³/mol. The number of anilines is 2. The molecule has 0 bridgehead atoms. The van der Waals surface area contributed by atoms with E-state index in [4.69, 9.17) is 14.2 Å². The lowest BCUT2D eigenvalue weighted by molar-refractivity contribution is -0.118. The molecule has 0 heterocycles. The van der Waals surface area contributed by atoms with Gasteiger partial charge < -0.3 is 24.8 Å². The number of rotatable bonds is 9. The molecule has 0 aliphatic carbocycles. The molecule has 178 valence electrons. The summed E-state index contributed by atoms with van der Waals surface area (Å²) >= 11 is 0. The number of nitrogens with zero attached hydrogens (tertiary/aromatic N) is 1. The Morgan fingerprint density at radius 3 is 2.40 bits per heavy atom. The first-order valence-corrected chi connectivity index (χ1v) is 10.7. The minimum Gasteiger partial charge on any atom is -0.495 e. The second kappa shape index (κ2) is 11.9. The average Bonchev–Trinajstić information content (AvgIpc) is 2.86. The van der Waals surface area contributed by atoms with Gasteiger partial charge in [-0.05, 0) is 60.5 Å². The van der Waals surface area contributed by atoms with Crippen LogP contribution in [0.5, 0.6) is 17.2 Å². The third-order valence-electron chi connectivity index (χ3n) is 4.88. The summed E-state index contributed by atoms with van der Waals surface area (Å²) in [7, 11) is 2.98. The number of hydrogen-bond donors (Lipinski definition) is 2. The number of carbonyl (C=O) groups excluding carboxylic acids is 2. The second-order valence-electron chi connectivity index (χ2n) is 7.44. The molecule has 2 N–H and O–H groups in total. The van der Waals surface area contributed by atoms with Crippen LogP contribution in [0.3, 0.4) is 0 Å². The Bertz CT molecular complexity index is 1290. The molecule has 0 aliphatic heterocycles. The topological polar surface area (TPSA) is 110 Å². The lowest BCUT2D eigenvalue weighted by atomic mass is 10.1. The van der Waals surface area contributed by atoms with Crippen molar-refractivity contribution in [2.45, 2.75) is 6.92 Å². The molecule has 3 aromatic carbocycles. The van der Waals surface area contributed by atoms with Gasteiger partial charge in [0.15, 0.2) is 18.1 Å². The molecule has 0 aromatic heterocycles. The highest BCUT2D eigenvalue weighted by Gasteiger charge is 2.13. The first-order valence-electron chi connectivity index (χ1n) is 10.7. The van der Waals surface area contributed by atoms with Gasteiger partial charge in [0.2, 0.25) is 0 Å². The molecular formula is C27H25N3O5. The van der Waals surface area contributed by atoms with Gasteiger partial charge in [0.05, 0.1) is 19.9 Å². The van der Waals surface area contributed by atoms with E-state index in [1.807, 2.05) is 31.2 Å². The third-order valence-corrected chi connectivity index (χ3v) is 4.88. The van der Waals surface area contributed by atoms with E-state index in [2.05, 4.69) is 10.6 Å². The van der Waals surface area contributed by atoms with E-state index in [0.717, 1.165) is 5.56 Å². The summed E-state index contributed by atoms with van der Waals surface area (Å²) in [6.45, 7) is 1.65. The van der Waals surface area contributed by atoms with Gasteiger partial charge in [-0.2, -0.15) is 5.26 Å². The van der Waals surface area contributed by atoms with E-state index >= 15 is 0 Å². The van der Waals surface area contributed by atoms with Gasteiger partial charge in [-0.1, -0.05) is 30.3 Å². The van der Waals surface area contributed by atoms with Gasteiger partial charge in [-0.3, -0.25) is 9.59 Å². The Hall–Kier alpha value is -4.77. The molecule has 0 radical (unpaired) electrons. The summed E-state index contributed by atoms with van der Waals surface area (Å²) in [5, 5.41) is 14.9. The summed E-state index contributed by atoms with van der Waals surface area (Å²) in [5.41, 5.74) is 2.61. The number of hydrogen-bond acceptors (Lipinski definition) is 6. The van der Waals surface area contributed by atoms with Crippen molar-refractivity contribution in [1.29, 1.82) is 5.26 Å². The number of nitriles is 1. The van der Waals surface area contributed by atoms with Crippen molar-refractivity contribution < 1.29 is 23.8 Å². The van der Waals surface area contributed by atoms with Crippen molar-refractivity contribution in [2.24, 2.45) is 0 Å². The smallest absolute Gasteiger partial charge is 0.266 e. The summed E-state index contributed by atoms with van der Waals surface area (Å²) in [5.74, 6) is 0.322. The van der Waals surface area contributed by atoms with Crippen LogP contribution in [-0.2, 0) is 9.59 Å². The number of ether oxygens (including phenoxy) is 3. The van der Waals surface area contributed by atoms with Crippen LogP contribution in [0.15, 0.2) is 72.3 Å². The van der Waals surface area contributed by atoms with Crippen LogP contribution in [0.1, 0.15) is 11.1 Å². The van der Waals surface area contributed by atoms with Crippen LogP contribution >= 0.6 is 0 Å². The summed E-state index contributed by atoms with van der Waals surface area (Å²) in [6.07, 6.45) is 1.45. The predicted octanol–water partition coefficient (Wildman–Crippen LogP) is 4.58. The highest BCUT2D eigenvalue weighted by atomic mass is 16.5. The van der Waals surface area contributed by atoms with Crippen LogP contribution < -0.4 is 24.8 Å². The fourth-order valence-corrected chi connectivity index (χ4v) is 3.21. The van der Waals surface area contributed by atoms with Gasteiger partial charge in [0.1, 0.15) is 17.4 Å². The summed E-state index contributed by atoms with van der Waals surface area (Å²) in [4.78, 5) is 24.9. The Kier molecular flexibility index (Phi) is 8.46. The van der Waals surface area contributed by atoms with Gasteiger partial charge in [-0.25, -0.2) is 0 Å². The van der Waals surface area contributed by atoms with E-state index < -0.39 is 5.91 Å². The maximum absolute atomic E-state index is 12.5. The number of benzene rings is 3. The van der Waals surface area contributed by atoms with Gasteiger partial charge in [-0.15, -0.1) is 0 Å². The third kappa shape index (κ3) is 6.85. The van der Waals surface area contributed by atoms with Gasteiger partial charge in [0.25, 0.3) is 11.8 Å². The van der Waals surface area contributed by atoms with Crippen LogP contribution in [0.25, 0.3) is 6.08 Å². The largest absolute Gasteiger partial charge is 0.495 e. The Morgan fingerprint density at radius 1 is 0.914 bits per heavy atom. The molecule has 0 atom stereocenters. The number of carbonyl (C=O) groups is 2. The fourth-order valence-electron chi connectivity index (χ4n) is 3.21. The second-order valence-corrected chi connectivity index (χ2v) is 7.44. The van der Waals surface area contributed by atoms with Gasteiger partial charge in [0, 0.05) is 5.69 Å². The molecule has 35 heavy (non-hydrogen) atoms. The first-order chi connectivity index (χ1) is 16.9. The molecule has 3 rings (SSSR count). The van der Waals surface area contributed by atoms with Gasteiger partial charge >= 0.3 is 0 Å². The lowest BCUT2D eigenvalue weighted by Crippen LogP contribution is -2.20. The number of methoxy groups -OCH3 is 2. The Morgan fingerprint density at radius 2 is 1.69 bits per heavy atom. The van der Waals surface area contributed by atoms with E-state index in [0.29, 0.717) is 34.2 Å². The van der Waals surface area contributed by atoms with Crippen molar-refractivity contribution in [3.8, 4) is 23.3 Å². The van der Waals surface area contributed by atoms with E-state index in [1.54, 1.807) is 48.5 Å².